The third-order valence-corrected chi connectivity index (χ3v) is 4.92. The van der Waals surface area contributed by atoms with Crippen molar-refractivity contribution in [3.05, 3.63) is 27.1 Å². The zero-order valence-electron chi connectivity index (χ0n) is 10.2. The molecule has 0 aromatic carbocycles. The summed E-state index contributed by atoms with van der Waals surface area (Å²) in [5.41, 5.74) is 1.03. The van der Waals surface area contributed by atoms with Gasteiger partial charge < -0.3 is 5.32 Å². The lowest BCUT2D eigenvalue weighted by Crippen LogP contribution is -2.38. The molecule has 2 aliphatic heterocycles. The van der Waals surface area contributed by atoms with E-state index in [9.17, 15) is 10.1 Å². The topological polar surface area (TPSA) is 58.4 Å². The van der Waals surface area contributed by atoms with Crippen LogP contribution in [-0.4, -0.2) is 35.0 Å². The van der Waals surface area contributed by atoms with Gasteiger partial charge in [-0.15, -0.1) is 0 Å². The molecule has 5 nitrogen and oxygen atoms in total. The summed E-state index contributed by atoms with van der Waals surface area (Å²) in [6, 6.07) is 2.93. The lowest BCUT2D eigenvalue weighted by atomic mass is 10.1. The molecule has 2 fully saturated rings. The Hall–Kier alpha value is -0.980. The maximum Gasteiger partial charge on any atom is 0.324 e. The lowest BCUT2D eigenvalue weighted by Gasteiger charge is -2.21. The van der Waals surface area contributed by atoms with Crippen LogP contribution in [0, 0.1) is 10.1 Å². The van der Waals surface area contributed by atoms with Crippen molar-refractivity contribution < 1.29 is 4.92 Å². The van der Waals surface area contributed by atoms with Crippen molar-refractivity contribution in [1.82, 2.24) is 10.2 Å². The molecule has 98 valence electrons. The summed E-state index contributed by atoms with van der Waals surface area (Å²) in [6.07, 6.45) is 3.81. The van der Waals surface area contributed by atoms with Crippen molar-refractivity contribution in [3.8, 4) is 0 Å². The number of nitro groups is 1. The minimum Gasteiger partial charge on any atom is -0.308 e. The molecule has 2 atom stereocenters. The van der Waals surface area contributed by atoms with Gasteiger partial charge >= 0.3 is 5.00 Å². The first kappa shape index (κ1) is 12.1. The molecule has 2 unspecified atom stereocenters. The number of nitrogens with zero attached hydrogens (tertiary/aromatic N) is 2. The average molecular weight is 267 g/mol. The highest BCUT2D eigenvalue weighted by Crippen LogP contribution is 2.28. The molecule has 2 aliphatic rings. The number of fused-ring (bicyclic) bond motifs is 1. The maximum absolute atomic E-state index is 10.6. The Morgan fingerprint density at radius 3 is 3.17 bits per heavy atom. The summed E-state index contributed by atoms with van der Waals surface area (Å²) in [5.74, 6) is 0. The molecule has 3 heterocycles. The summed E-state index contributed by atoms with van der Waals surface area (Å²) in [6.45, 7) is 3.19. The van der Waals surface area contributed by atoms with Crippen molar-refractivity contribution in [1.29, 1.82) is 0 Å². The van der Waals surface area contributed by atoms with E-state index in [-0.39, 0.29) is 9.92 Å². The van der Waals surface area contributed by atoms with Crippen molar-refractivity contribution in [3.63, 3.8) is 0 Å². The molecule has 1 aromatic heterocycles. The first-order valence-electron chi connectivity index (χ1n) is 6.43. The predicted octanol–water partition coefficient (Wildman–Crippen LogP) is 1.98. The third-order valence-electron chi connectivity index (χ3n) is 3.99. The van der Waals surface area contributed by atoms with E-state index in [2.05, 4.69) is 10.2 Å². The molecule has 18 heavy (non-hydrogen) atoms. The second-order valence-corrected chi connectivity index (χ2v) is 5.96. The molecule has 0 radical (unpaired) electrons. The molecule has 0 aliphatic carbocycles. The van der Waals surface area contributed by atoms with Crippen LogP contribution < -0.4 is 5.32 Å². The van der Waals surface area contributed by atoms with Gasteiger partial charge in [-0.2, -0.15) is 0 Å². The van der Waals surface area contributed by atoms with Crippen LogP contribution in [0.5, 0.6) is 0 Å². The van der Waals surface area contributed by atoms with Crippen molar-refractivity contribution in [2.24, 2.45) is 0 Å². The molecule has 3 rings (SSSR count). The SMILES string of the molecule is O=[N+]([O-])c1cc(CNC2CCN3CCCC23)cs1. The van der Waals surface area contributed by atoms with Gasteiger partial charge in [0, 0.05) is 36.6 Å². The standard InChI is InChI=1S/C12H17N3O2S/c16-15(17)12-6-9(8-18-12)7-13-10-3-5-14-4-1-2-11(10)14/h6,8,10-11,13H,1-5,7H2. The van der Waals surface area contributed by atoms with Crippen LogP contribution in [0.2, 0.25) is 0 Å². The Morgan fingerprint density at radius 1 is 1.50 bits per heavy atom. The largest absolute Gasteiger partial charge is 0.324 e. The fourth-order valence-electron chi connectivity index (χ4n) is 3.12. The summed E-state index contributed by atoms with van der Waals surface area (Å²) < 4.78 is 0. The Balaban J connectivity index is 1.56. The quantitative estimate of drug-likeness (QED) is 0.669. The average Bonchev–Trinajstić information content (AvgIpc) is 3.03. The van der Waals surface area contributed by atoms with Gasteiger partial charge in [0.2, 0.25) is 0 Å². The van der Waals surface area contributed by atoms with Crippen LogP contribution in [0.4, 0.5) is 5.00 Å². The molecular weight excluding hydrogens is 250 g/mol. The number of hydrogen-bond acceptors (Lipinski definition) is 5. The van der Waals surface area contributed by atoms with Gasteiger partial charge in [0.05, 0.1) is 4.92 Å². The minimum atomic E-state index is -0.317. The van der Waals surface area contributed by atoms with Crippen molar-refractivity contribution in [2.45, 2.75) is 37.9 Å². The van der Waals surface area contributed by atoms with Crippen LogP contribution in [-0.2, 0) is 6.54 Å². The van der Waals surface area contributed by atoms with E-state index in [4.69, 9.17) is 0 Å². The van der Waals surface area contributed by atoms with Crippen LogP contribution in [0.15, 0.2) is 11.4 Å². The predicted molar refractivity (Wildman–Crippen MR) is 70.8 cm³/mol. The highest BCUT2D eigenvalue weighted by Gasteiger charge is 2.36. The molecule has 0 spiro atoms. The van der Waals surface area contributed by atoms with Gasteiger partial charge in [0.25, 0.3) is 0 Å². The first-order valence-corrected chi connectivity index (χ1v) is 7.31. The Kier molecular flexibility index (Phi) is 3.32. The first-order chi connectivity index (χ1) is 8.74. The monoisotopic (exact) mass is 267 g/mol. The van der Waals surface area contributed by atoms with E-state index in [0.717, 1.165) is 12.1 Å². The molecular formula is C12H17N3O2S. The Bertz CT molecular complexity index is 448. The van der Waals surface area contributed by atoms with Gasteiger partial charge in [-0.05, 0) is 31.4 Å². The van der Waals surface area contributed by atoms with E-state index in [1.54, 1.807) is 6.07 Å². The number of thiophene rings is 1. The number of nitrogens with one attached hydrogen (secondary N) is 1. The zero-order chi connectivity index (χ0) is 12.5. The van der Waals surface area contributed by atoms with Crippen LogP contribution in [0.25, 0.3) is 0 Å². The van der Waals surface area contributed by atoms with Crippen molar-refractivity contribution >= 4 is 16.3 Å². The second-order valence-electron chi connectivity index (χ2n) is 5.07. The number of hydrogen-bond donors (Lipinski definition) is 1. The van der Waals surface area contributed by atoms with Crippen LogP contribution >= 0.6 is 11.3 Å². The van der Waals surface area contributed by atoms with E-state index < -0.39 is 0 Å². The maximum atomic E-state index is 10.6. The summed E-state index contributed by atoms with van der Waals surface area (Å²) >= 11 is 1.21. The van der Waals surface area contributed by atoms with E-state index in [1.807, 2.05) is 5.38 Å². The van der Waals surface area contributed by atoms with E-state index in [0.29, 0.717) is 12.1 Å². The molecule has 0 bridgehead atoms. The summed E-state index contributed by atoms with van der Waals surface area (Å²) in [5, 5.41) is 16.3. The zero-order valence-corrected chi connectivity index (χ0v) is 11.0. The summed E-state index contributed by atoms with van der Waals surface area (Å²) in [7, 11) is 0. The van der Waals surface area contributed by atoms with Crippen LogP contribution in [0.1, 0.15) is 24.8 Å². The lowest BCUT2D eigenvalue weighted by molar-refractivity contribution is -0.380. The Labute approximate surface area is 110 Å². The molecule has 2 saturated heterocycles. The normalized spacial score (nSPS) is 27.6. The van der Waals surface area contributed by atoms with Gasteiger partial charge in [0.1, 0.15) is 0 Å². The van der Waals surface area contributed by atoms with E-state index >= 15 is 0 Å². The molecule has 6 heteroatoms. The molecule has 0 saturated carbocycles. The molecule has 0 amide bonds. The fraction of sp³-hybridized carbons (Fsp3) is 0.667. The number of rotatable bonds is 4. The highest BCUT2D eigenvalue weighted by atomic mass is 32.1. The molecule has 1 N–H and O–H groups in total. The van der Waals surface area contributed by atoms with Crippen molar-refractivity contribution in [2.75, 3.05) is 13.1 Å². The van der Waals surface area contributed by atoms with Gasteiger partial charge in [-0.25, -0.2) is 0 Å². The highest BCUT2D eigenvalue weighted by molar-refractivity contribution is 7.13. The van der Waals surface area contributed by atoms with Gasteiger partial charge in [-0.3, -0.25) is 15.0 Å². The van der Waals surface area contributed by atoms with Crippen LogP contribution in [0.3, 0.4) is 0 Å². The van der Waals surface area contributed by atoms with E-state index in [1.165, 1.54) is 43.7 Å². The minimum absolute atomic E-state index is 0.237. The Morgan fingerprint density at radius 2 is 2.39 bits per heavy atom. The fourth-order valence-corrected chi connectivity index (χ4v) is 3.85. The smallest absolute Gasteiger partial charge is 0.308 e. The molecule has 1 aromatic rings. The van der Waals surface area contributed by atoms with Gasteiger partial charge in [-0.1, -0.05) is 11.3 Å². The third kappa shape index (κ3) is 2.28. The second kappa shape index (κ2) is 4.95. The summed E-state index contributed by atoms with van der Waals surface area (Å²) in [4.78, 5) is 12.9. The van der Waals surface area contributed by atoms with Gasteiger partial charge in [0.15, 0.2) is 0 Å².